The molecule has 0 saturated carbocycles. The molecule has 33 heavy (non-hydrogen) atoms. The first-order valence-corrected chi connectivity index (χ1v) is 11.3. The minimum absolute atomic E-state index is 0.00998. The second kappa shape index (κ2) is 9.67. The van der Waals surface area contributed by atoms with Gasteiger partial charge in [-0.1, -0.05) is 60.7 Å². The molecule has 3 amide bonds. The van der Waals surface area contributed by atoms with Crippen LogP contribution >= 0.6 is 11.3 Å². The minimum atomic E-state index is -1.04. The Bertz CT molecular complexity index is 1180. The second-order valence-electron chi connectivity index (χ2n) is 7.70. The molecule has 1 N–H and O–H groups in total. The molecule has 3 aromatic rings. The van der Waals surface area contributed by atoms with Crippen molar-refractivity contribution < 1.29 is 19.5 Å². The Morgan fingerprint density at radius 3 is 2.00 bits per heavy atom. The summed E-state index contributed by atoms with van der Waals surface area (Å²) in [6.45, 7) is 0.403. The van der Waals surface area contributed by atoms with Crippen LogP contribution in [0.1, 0.15) is 27.1 Å². The average Bonchev–Trinajstić information content (AvgIpc) is 3.17. The number of anilines is 1. The molecular formula is C25H21N3O4S. The van der Waals surface area contributed by atoms with Crippen LogP contribution in [0.5, 0.6) is 0 Å². The molecule has 2 aromatic carbocycles. The molecular weight excluding hydrogens is 438 g/mol. The average molecular weight is 460 g/mol. The summed E-state index contributed by atoms with van der Waals surface area (Å²) in [5.74, 6) is -0.848. The van der Waals surface area contributed by atoms with E-state index in [0.29, 0.717) is 11.3 Å². The topological polar surface area (TPSA) is 102 Å². The maximum atomic E-state index is 13.4. The van der Waals surface area contributed by atoms with Crippen molar-refractivity contribution in [2.45, 2.75) is 25.8 Å². The van der Waals surface area contributed by atoms with Gasteiger partial charge in [0.05, 0.1) is 24.9 Å². The summed E-state index contributed by atoms with van der Waals surface area (Å²) in [4.78, 5) is 41.3. The van der Waals surface area contributed by atoms with Gasteiger partial charge in [0, 0.05) is 11.4 Å². The van der Waals surface area contributed by atoms with Gasteiger partial charge in [0.2, 0.25) is 11.8 Å². The summed E-state index contributed by atoms with van der Waals surface area (Å²) in [6, 6.07) is 20.4. The van der Waals surface area contributed by atoms with Crippen molar-refractivity contribution in [3.8, 4) is 6.07 Å². The van der Waals surface area contributed by atoms with Crippen molar-refractivity contribution in [2.75, 3.05) is 11.4 Å². The number of carbonyl (C=O) groups is 3. The number of nitrogens with zero attached hydrogens (tertiary/aromatic N) is 3. The highest BCUT2D eigenvalue weighted by Crippen LogP contribution is 2.39. The van der Waals surface area contributed by atoms with Crippen molar-refractivity contribution in [2.24, 2.45) is 0 Å². The van der Waals surface area contributed by atoms with E-state index in [2.05, 4.69) is 6.07 Å². The second-order valence-corrected chi connectivity index (χ2v) is 8.78. The first-order chi connectivity index (χ1) is 16.0. The number of carbonyl (C=O) groups excluding carboxylic acids is 2. The summed E-state index contributed by atoms with van der Waals surface area (Å²) in [5, 5.41) is 19.5. The molecule has 1 aliphatic heterocycles. The molecule has 0 aliphatic carbocycles. The van der Waals surface area contributed by atoms with E-state index in [4.69, 9.17) is 0 Å². The molecule has 1 aromatic heterocycles. The van der Waals surface area contributed by atoms with E-state index in [1.165, 1.54) is 4.90 Å². The third kappa shape index (κ3) is 4.78. The zero-order valence-electron chi connectivity index (χ0n) is 17.7. The Morgan fingerprint density at radius 1 is 0.970 bits per heavy atom. The van der Waals surface area contributed by atoms with Crippen molar-refractivity contribution >= 4 is 34.2 Å². The highest BCUT2D eigenvalue weighted by atomic mass is 32.1. The van der Waals surface area contributed by atoms with Crippen molar-refractivity contribution in [3.63, 3.8) is 0 Å². The van der Waals surface area contributed by atoms with Crippen LogP contribution in [0, 0.1) is 11.3 Å². The van der Waals surface area contributed by atoms with Gasteiger partial charge in [-0.05, 0) is 23.1 Å². The third-order valence-corrected chi connectivity index (χ3v) is 6.72. The molecule has 166 valence electrons. The SMILES string of the molecule is N#Cc1c(N(C(=O)Cc2ccccc2)C(=O)Cc2ccccc2)sc2c1CCN(C(=O)O)C2. The number of imide groups is 1. The van der Waals surface area contributed by atoms with Crippen LogP contribution in [0.4, 0.5) is 9.80 Å². The van der Waals surface area contributed by atoms with Crippen molar-refractivity contribution in [1.29, 1.82) is 5.26 Å². The van der Waals surface area contributed by atoms with Gasteiger partial charge in [-0.3, -0.25) is 9.59 Å². The molecule has 0 spiro atoms. The van der Waals surface area contributed by atoms with E-state index in [0.717, 1.165) is 32.9 Å². The van der Waals surface area contributed by atoms with Crippen LogP contribution in [0.2, 0.25) is 0 Å². The molecule has 4 rings (SSSR count). The zero-order valence-corrected chi connectivity index (χ0v) is 18.5. The zero-order chi connectivity index (χ0) is 23.4. The quantitative estimate of drug-likeness (QED) is 0.621. The molecule has 0 unspecified atom stereocenters. The van der Waals surface area contributed by atoms with E-state index in [9.17, 15) is 24.8 Å². The lowest BCUT2D eigenvalue weighted by atomic mass is 10.0. The Balaban J connectivity index is 1.73. The smallest absolute Gasteiger partial charge is 0.407 e. The number of benzene rings is 2. The fourth-order valence-electron chi connectivity index (χ4n) is 3.89. The lowest BCUT2D eigenvalue weighted by Crippen LogP contribution is -2.39. The Morgan fingerprint density at radius 2 is 1.52 bits per heavy atom. The van der Waals surface area contributed by atoms with Crippen molar-refractivity contribution in [1.82, 2.24) is 4.90 Å². The maximum Gasteiger partial charge on any atom is 0.407 e. The van der Waals surface area contributed by atoms with E-state index in [-0.39, 0.29) is 36.5 Å². The van der Waals surface area contributed by atoms with Gasteiger partial charge in [-0.2, -0.15) is 5.26 Å². The summed E-state index contributed by atoms with van der Waals surface area (Å²) in [7, 11) is 0. The number of amides is 3. The van der Waals surface area contributed by atoms with Crippen molar-refractivity contribution in [3.05, 3.63) is 87.8 Å². The van der Waals surface area contributed by atoms with Gasteiger partial charge in [-0.15, -0.1) is 11.3 Å². The first-order valence-electron chi connectivity index (χ1n) is 10.4. The summed E-state index contributed by atoms with van der Waals surface area (Å²) >= 11 is 1.15. The van der Waals surface area contributed by atoms with Crippen LogP contribution in [-0.2, 0) is 35.4 Å². The molecule has 0 fully saturated rings. The predicted molar refractivity (Wildman–Crippen MR) is 124 cm³/mol. The van der Waals surface area contributed by atoms with Gasteiger partial charge in [0.1, 0.15) is 11.1 Å². The van der Waals surface area contributed by atoms with Crippen LogP contribution in [0.25, 0.3) is 0 Å². The molecule has 7 nitrogen and oxygen atoms in total. The molecule has 0 bridgehead atoms. The number of fused-ring (bicyclic) bond motifs is 1. The van der Waals surface area contributed by atoms with E-state index < -0.39 is 17.9 Å². The van der Waals surface area contributed by atoms with Gasteiger partial charge < -0.3 is 10.0 Å². The first kappa shape index (κ1) is 22.2. The number of carboxylic acid groups (broad SMARTS) is 1. The summed E-state index contributed by atoms with van der Waals surface area (Å²) in [6.07, 6.45) is -0.646. The molecule has 8 heteroatoms. The van der Waals surface area contributed by atoms with Gasteiger partial charge in [0.25, 0.3) is 0 Å². The summed E-state index contributed by atoms with van der Waals surface area (Å²) in [5.41, 5.74) is 2.52. The van der Waals surface area contributed by atoms with E-state index in [1.807, 2.05) is 60.7 Å². The molecule has 0 saturated heterocycles. The largest absolute Gasteiger partial charge is 0.465 e. The maximum absolute atomic E-state index is 13.4. The Hall–Kier alpha value is -3.96. The lowest BCUT2D eigenvalue weighted by molar-refractivity contribution is -0.125. The summed E-state index contributed by atoms with van der Waals surface area (Å²) < 4.78 is 0. The number of hydrogen-bond donors (Lipinski definition) is 1. The lowest BCUT2D eigenvalue weighted by Gasteiger charge is -2.23. The monoisotopic (exact) mass is 459 g/mol. The van der Waals surface area contributed by atoms with Gasteiger partial charge in [0.15, 0.2) is 0 Å². The minimum Gasteiger partial charge on any atom is -0.465 e. The van der Waals surface area contributed by atoms with Gasteiger partial charge in [-0.25, -0.2) is 9.69 Å². The Kier molecular flexibility index (Phi) is 6.52. The molecule has 1 aliphatic rings. The molecule has 0 radical (unpaired) electrons. The van der Waals surface area contributed by atoms with E-state index >= 15 is 0 Å². The van der Waals surface area contributed by atoms with Crippen LogP contribution < -0.4 is 4.90 Å². The number of thiophene rings is 1. The fourth-order valence-corrected chi connectivity index (χ4v) is 5.24. The van der Waals surface area contributed by atoms with Crippen LogP contribution in [0.3, 0.4) is 0 Å². The predicted octanol–water partition coefficient (Wildman–Crippen LogP) is 4.00. The normalized spacial score (nSPS) is 12.5. The van der Waals surface area contributed by atoms with E-state index in [1.54, 1.807) is 0 Å². The third-order valence-electron chi connectivity index (χ3n) is 5.52. The highest BCUT2D eigenvalue weighted by Gasteiger charge is 2.33. The fraction of sp³-hybridized carbons (Fsp3) is 0.200. The number of nitriles is 1. The van der Waals surface area contributed by atoms with Gasteiger partial charge >= 0.3 is 6.09 Å². The van der Waals surface area contributed by atoms with Crippen LogP contribution in [0.15, 0.2) is 60.7 Å². The number of hydrogen-bond acceptors (Lipinski definition) is 5. The number of rotatable bonds is 5. The van der Waals surface area contributed by atoms with Crippen LogP contribution in [-0.4, -0.2) is 34.5 Å². The molecule has 2 heterocycles. The Labute approximate surface area is 195 Å². The molecule has 0 atom stereocenters. The standard InChI is InChI=1S/C25H21N3O4S/c26-15-20-19-11-12-27(25(31)32)16-21(19)33-24(20)28(22(29)13-17-7-3-1-4-8-17)23(30)14-18-9-5-2-6-10-18/h1-10H,11-14,16H2,(H,31,32). The highest BCUT2D eigenvalue weighted by molar-refractivity contribution is 7.17.